The van der Waals surface area contributed by atoms with Crippen LogP contribution in [0.15, 0.2) is 30.3 Å². The van der Waals surface area contributed by atoms with Gasteiger partial charge in [-0.2, -0.15) is 5.10 Å². The van der Waals surface area contributed by atoms with Crippen LogP contribution in [0.4, 0.5) is 4.39 Å². The lowest BCUT2D eigenvalue weighted by Gasteiger charge is -1.90. The Kier molecular flexibility index (Phi) is 2.16. The molecule has 3 rings (SSSR count). The van der Waals surface area contributed by atoms with E-state index in [1.54, 1.807) is 18.2 Å². The van der Waals surface area contributed by atoms with Crippen molar-refractivity contribution in [2.24, 2.45) is 0 Å². The van der Waals surface area contributed by atoms with Crippen LogP contribution in [-0.4, -0.2) is 26.3 Å². The Labute approximate surface area is 100 Å². The summed E-state index contributed by atoms with van der Waals surface area (Å²) in [5, 5.41) is 15.8. The third-order valence-corrected chi connectivity index (χ3v) is 2.69. The Bertz CT molecular complexity index is 745. The summed E-state index contributed by atoms with van der Waals surface area (Å²) >= 11 is 0. The van der Waals surface area contributed by atoms with Crippen molar-refractivity contribution < 1.29 is 14.3 Å². The number of hydrogen-bond acceptors (Lipinski definition) is 2. The Morgan fingerprint density at radius 2 is 2.17 bits per heavy atom. The molecule has 0 saturated carbocycles. The van der Waals surface area contributed by atoms with Gasteiger partial charge in [0.2, 0.25) is 0 Å². The van der Waals surface area contributed by atoms with Gasteiger partial charge in [-0.25, -0.2) is 9.18 Å². The van der Waals surface area contributed by atoms with Crippen LogP contribution in [0.5, 0.6) is 0 Å². The van der Waals surface area contributed by atoms with Crippen LogP contribution in [0.1, 0.15) is 10.5 Å². The highest BCUT2D eigenvalue weighted by Crippen LogP contribution is 2.24. The molecule has 0 aliphatic rings. The number of fused-ring (bicyclic) bond motifs is 1. The Balaban J connectivity index is 2.13. The topological polar surface area (TPSA) is 81.8 Å². The number of aromatic amines is 2. The summed E-state index contributed by atoms with van der Waals surface area (Å²) in [6.45, 7) is 0. The second-order valence-electron chi connectivity index (χ2n) is 3.86. The number of carboxylic acid groups (broad SMARTS) is 1. The number of aromatic carboxylic acids is 1. The van der Waals surface area contributed by atoms with E-state index in [2.05, 4.69) is 15.2 Å². The first-order chi connectivity index (χ1) is 8.65. The van der Waals surface area contributed by atoms with Gasteiger partial charge in [-0.05, 0) is 12.1 Å². The predicted molar refractivity (Wildman–Crippen MR) is 62.8 cm³/mol. The average molecular weight is 245 g/mol. The van der Waals surface area contributed by atoms with Crippen molar-refractivity contribution in [3.05, 3.63) is 41.8 Å². The van der Waals surface area contributed by atoms with Gasteiger partial charge >= 0.3 is 5.97 Å². The summed E-state index contributed by atoms with van der Waals surface area (Å²) in [5.74, 6) is -1.44. The number of nitrogens with zero attached hydrogens (tertiary/aromatic N) is 1. The molecule has 0 saturated heterocycles. The first kappa shape index (κ1) is 10.5. The molecular formula is C12H8FN3O2. The molecule has 3 aromatic rings. The maximum absolute atomic E-state index is 13.5. The van der Waals surface area contributed by atoms with Gasteiger partial charge in [0.15, 0.2) is 0 Å². The van der Waals surface area contributed by atoms with Crippen molar-refractivity contribution in [2.75, 3.05) is 0 Å². The summed E-state index contributed by atoms with van der Waals surface area (Å²) in [7, 11) is 0. The number of para-hydroxylation sites is 1. The summed E-state index contributed by atoms with van der Waals surface area (Å²) < 4.78 is 13.5. The zero-order chi connectivity index (χ0) is 12.7. The second-order valence-corrected chi connectivity index (χ2v) is 3.86. The van der Waals surface area contributed by atoms with Gasteiger partial charge in [-0.15, -0.1) is 0 Å². The third-order valence-electron chi connectivity index (χ3n) is 2.69. The standard InChI is InChI=1S/C12H8FN3O2/c13-7-3-1-2-6-4-8(14-11(6)7)9-5-10(12(17)18)16-15-9/h1-5,14H,(H,15,16)(H,17,18). The van der Waals surface area contributed by atoms with E-state index in [4.69, 9.17) is 5.11 Å². The molecule has 0 aliphatic heterocycles. The van der Waals surface area contributed by atoms with Crippen LogP contribution in [0.2, 0.25) is 0 Å². The molecule has 2 aromatic heterocycles. The summed E-state index contributed by atoms with van der Waals surface area (Å²) in [6.07, 6.45) is 0. The summed E-state index contributed by atoms with van der Waals surface area (Å²) in [6, 6.07) is 7.85. The first-order valence-electron chi connectivity index (χ1n) is 5.21. The van der Waals surface area contributed by atoms with Crippen LogP contribution in [-0.2, 0) is 0 Å². The molecule has 6 heteroatoms. The average Bonchev–Trinajstić information content (AvgIpc) is 2.95. The van der Waals surface area contributed by atoms with Crippen molar-refractivity contribution in [2.45, 2.75) is 0 Å². The molecule has 2 heterocycles. The molecule has 5 nitrogen and oxygen atoms in total. The SMILES string of the molecule is O=C(O)c1cc(-c2cc3cccc(F)c3[nH]2)n[nH]1. The Hall–Kier alpha value is -2.63. The molecule has 0 bridgehead atoms. The number of aromatic nitrogens is 3. The van der Waals surface area contributed by atoms with Crippen molar-refractivity contribution >= 4 is 16.9 Å². The fourth-order valence-electron chi connectivity index (χ4n) is 1.83. The van der Waals surface area contributed by atoms with Crippen LogP contribution in [0.3, 0.4) is 0 Å². The zero-order valence-corrected chi connectivity index (χ0v) is 9.07. The molecule has 0 unspecified atom stereocenters. The minimum absolute atomic E-state index is 0.0101. The molecule has 1 aromatic carbocycles. The fourth-order valence-corrected chi connectivity index (χ4v) is 1.83. The number of benzene rings is 1. The second kappa shape index (κ2) is 3.69. The highest BCUT2D eigenvalue weighted by Gasteiger charge is 2.12. The van der Waals surface area contributed by atoms with Gasteiger partial charge in [-0.1, -0.05) is 12.1 Å². The smallest absolute Gasteiger partial charge is 0.353 e. The van der Waals surface area contributed by atoms with Crippen molar-refractivity contribution in [3.8, 4) is 11.4 Å². The Morgan fingerprint density at radius 3 is 2.83 bits per heavy atom. The largest absolute Gasteiger partial charge is 0.477 e. The molecule has 3 N–H and O–H groups in total. The minimum atomic E-state index is -1.09. The third kappa shape index (κ3) is 1.55. The zero-order valence-electron chi connectivity index (χ0n) is 9.07. The fraction of sp³-hybridized carbons (Fsp3) is 0. The van der Waals surface area contributed by atoms with E-state index in [1.807, 2.05) is 0 Å². The van der Waals surface area contributed by atoms with Crippen LogP contribution in [0, 0.1) is 5.82 Å². The highest BCUT2D eigenvalue weighted by atomic mass is 19.1. The number of nitrogens with one attached hydrogen (secondary N) is 2. The van der Waals surface area contributed by atoms with Gasteiger partial charge in [0.05, 0.1) is 11.2 Å². The molecule has 0 fully saturated rings. The van der Waals surface area contributed by atoms with Crippen molar-refractivity contribution in [1.29, 1.82) is 0 Å². The summed E-state index contributed by atoms with van der Waals surface area (Å²) in [4.78, 5) is 13.6. The van der Waals surface area contributed by atoms with Crippen LogP contribution in [0.25, 0.3) is 22.3 Å². The number of halogens is 1. The van der Waals surface area contributed by atoms with E-state index in [0.717, 1.165) is 0 Å². The minimum Gasteiger partial charge on any atom is -0.477 e. The van der Waals surface area contributed by atoms with Crippen molar-refractivity contribution in [1.82, 2.24) is 15.2 Å². The molecular weight excluding hydrogens is 237 g/mol. The molecule has 0 radical (unpaired) electrons. The molecule has 0 atom stereocenters. The van der Waals surface area contributed by atoms with E-state index in [9.17, 15) is 9.18 Å². The lowest BCUT2D eigenvalue weighted by atomic mass is 10.2. The molecule has 0 spiro atoms. The number of rotatable bonds is 2. The van der Waals surface area contributed by atoms with Gasteiger partial charge in [0, 0.05) is 11.5 Å². The lowest BCUT2D eigenvalue weighted by molar-refractivity contribution is 0.0690. The monoisotopic (exact) mass is 245 g/mol. The van der Waals surface area contributed by atoms with E-state index >= 15 is 0 Å². The van der Waals surface area contributed by atoms with Crippen LogP contribution < -0.4 is 0 Å². The number of H-pyrrole nitrogens is 2. The molecule has 0 aliphatic carbocycles. The van der Waals surface area contributed by atoms with E-state index in [0.29, 0.717) is 22.3 Å². The van der Waals surface area contributed by atoms with Crippen LogP contribution >= 0.6 is 0 Å². The van der Waals surface area contributed by atoms with E-state index < -0.39 is 5.97 Å². The number of hydrogen-bond donors (Lipinski definition) is 3. The summed E-state index contributed by atoms with van der Waals surface area (Å²) in [5.41, 5.74) is 1.37. The Morgan fingerprint density at radius 1 is 1.33 bits per heavy atom. The van der Waals surface area contributed by atoms with E-state index in [-0.39, 0.29) is 11.5 Å². The lowest BCUT2D eigenvalue weighted by Crippen LogP contribution is -1.95. The number of carboxylic acids is 1. The molecule has 90 valence electrons. The van der Waals surface area contributed by atoms with Gasteiger partial charge in [0.1, 0.15) is 17.2 Å². The van der Waals surface area contributed by atoms with Gasteiger partial charge < -0.3 is 10.1 Å². The van der Waals surface area contributed by atoms with Gasteiger partial charge in [-0.3, -0.25) is 5.10 Å². The maximum atomic E-state index is 13.5. The first-order valence-corrected chi connectivity index (χ1v) is 5.21. The maximum Gasteiger partial charge on any atom is 0.353 e. The normalized spacial score (nSPS) is 10.9. The molecule has 18 heavy (non-hydrogen) atoms. The highest BCUT2D eigenvalue weighted by molar-refractivity contribution is 5.89. The van der Waals surface area contributed by atoms with E-state index in [1.165, 1.54) is 12.1 Å². The quantitative estimate of drug-likeness (QED) is 0.648. The predicted octanol–water partition coefficient (Wildman–Crippen LogP) is 2.40. The van der Waals surface area contributed by atoms with Crippen molar-refractivity contribution in [3.63, 3.8) is 0 Å². The molecule has 0 amide bonds. The number of carbonyl (C=O) groups is 1. The van der Waals surface area contributed by atoms with Gasteiger partial charge in [0.25, 0.3) is 0 Å².